The first-order valence-electron chi connectivity index (χ1n) is 9.30. The zero-order valence-corrected chi connectivity index (χ0v) is 15.3. The van der Waals surface area contributed by atoms with Gasteiger partial charge in [-0.1, -0.05) is 36.8 Å². The van der Waals surface area contributed by atoms with Gasteiger partial charge >= 0.3 is 0 Å². The van der Waals surface area contributed by atoms with Crippen molar-refractivity contribution in [1.82, 2.24) is 5.32 Å². The number of carbonyl (C=O) groups excluding carboxylic acids is 1. The molecule has 0 radical (unpaired) electrons. The van der Waals surface area contributed by atoms with Gasteiger partial charge < -0.3 is 11.1 Å². The van der Waals surface area contributed by atoms with Gasteiger partial charge in [0.2, 0.25) is 5.91 Å². The average Bonchev–Trinajstić information content (AvgIpc) is 3.10. The van der Waals surface area contributed by atoms with E-state index in [1.165, 1.54) is 31.2 Å². The highest BCUT2D eigenvalue weighted by Crippen LogP contribution is 2.35. The molecule has 0 heterocycles. The van der Waals surface area contributed by atoms with Crippen molar-refractivity contribution in [3.63, 3.8) is 0 Å². The van der Waals surface area contributed by atoms with E-state index in [9.17, 15) is 4.79 Å². The minimum absolute atomic E-state index is 0. The SMILES string of the molecule is Cl.NC[C@H]1CCC[C@H]1C(=O)NCC1CCC(c2ccccc2)CC1. The highest BCUT2D eigenvalue weighted by molar-refractivity contribution is 5.85. The number of nitrogens with two attached hydrogens (primary N) is 1. The number of amides is 1. The predicted octanol–water partition coefficient (Wildman–Crippen LogP) is 3.87. The van der Waals surface area contributed by atoms with Gasteiger partial charge in [0.15, 0.2) is 0 Å². The first-order chi connectivity index (χ1) is 11.3. The van der Waals surface area contributed by atoms with Crippen LogP contribution in [0.3, 0.4) is 0 Å². The third-order valence-electron chi connectivity index (χ3n) is 5.98. The van der Waals surface area contributed by atoms with Crippen LogP contribution in [0.4, 0.5) is 0 Å². The number of rotatable bonds is 5. The molecule has 4 heteroatoms. The van der Waals surface area contributed by atoms with E-state index in [4.69, 9.17) is 5.73 Å². The molecule has 0 unspecified atom stereocenters. The Labute approximate surface area is 152 Å². The number of benzene rings is 1. The summed E-state index contributed by atoms with van der Waals surface area (Å²) in [6.45, 7) is 1.51. The largest absolute Gasteiger partial charge is 0.356 e. The maximum atomic E-state index is 12.4. The van der Waals surface area contributed by atoms with Crippen molar-refractivity contribution in [3.05, 3.63) is 35.9 Å². The minimum Gasteiger partial charge on any atom is -0.356 e. The lowest BCUT2D eigenvalue weighted by Gasteiger charge is -2.29. The van der Waals surface area contributed by atoms with Crippen LogP contribution < -0.4 is 11.1 Å². The normalized spacial score (nSPS) is 29.7. The van der Waals surface area contributed by atoms with E-state index in [2.05, 4.69) is 35.6 Å². The van der Waals surface area contributed by atoms with Crippen molar-refractivity contribution in [3.8, 4) is 0 Å². The van der Waals surface area contributed by atoms with Gasteiger partial charge in [-0.05, 0) is 68.4 Å². The maximum absolute atomic E-state index is 12.4. The zero-order valence-electron chi connectivity index (χ0n) is 14.5. The molecule has 3 nitrogen and oxygen atoms in total. The second-order valence-electron chi connectivity index (χ2n) is 7.41. The summed E-state index contributed by atoms with van der Waals surface area (Å²) in [5.41, 5.74) is 7.27. The van der Waals surface area contributed by atoms with Crippen LogP contribution in [0.1, 0.15) is 56.4 Å². The molecule has 2 aliphatic rings. The van der Waals surface area contributed by atoms with Gasteiger partial charge in [-0.25, -0.2) is 0 Å². The summed E-state index contributed by atoms with van der Waals surface area (Å²) < 4.78 is 0. The third kappa shape index (κ3) is 4.73. The van der Waals surface area contributed by atoms with Crippen molar-refractivity contribution in [2.24, 2.45) is 23.5 Å². The summed E-state index contributed by atoms with van der Waals surface area (Å²) in [4.78, 5) is 12.4. The van der Waals surface area contributed by atoms with Crippen LogP contribution in [0.25, 0.3) is 0 Å². The Hall–Kier alpha value is -1.06. The molecule has 1 aromatic rings. The molecular formula is C20H31ClN2O. The quantitative estimate of drug-likeness (QED) is 0.846. The number of hydrogen-bond acceptors (Lipinski definition) is 2. The lowest BCUT2D eigenvalue weighted by Crippen LogP contribution is -2.38. The van der Waals surface area contributed by atoms with Gasteiger partial charge in [-0.2, -0.15) is 0 Å². The Morgan fingerprint density at radius 1 is 1.04 bits per heavy atom. The zero-order chi connectivity index (χ0) is 16.1. The Balaban J connectivity index is 0.00000208. The minimum atomic E-state index is 0. The van der Waals surface area contributed by atoms with Crippen molar-refractivity contribution in [2.75, 3.05) is 13.1 Å². The number of halogens is 1. The molecule has 0 saturated heterocycles. The molecule has 0 aliphatic heterocycles. The van der Waals surface area contributed by atoms with E-state index in [-0.39, 0.29) is 24.2 Å². The van der Waals surface area contributed by atoms with Crippen LogP contribution in [0.15, 0.2) is 30.3 Å². The van der Waals surface area contributed by atoms with Crippen LogP contribution in [0, 0.1) is 17.8 Å². The summed E-state index contributed by atoms with van der Waals surface area (Å²) >= 11 is 0. The first kappa shape index (κ1) is 19.3. The van der Waals surface area contributed by atoms with E-state index in [1.807, 2.05) is 0 Å². The third-order valence-corrected chi connectivity index (χ3v) is 5.98. The molecule has 134 valence electrons. The van der Waals surface area contributed by atoms with Gasteiger partial charge in [-0.3, -0.25) is 4.79 Å². The van der Waals surface area contributed by atoms with Gasteiger partial charge in [0, 0.05) is 12.5 Å². The summed E-state index contributed by atoms with van der Waals surface area (Å²) in [6.07, 6.45) is 8.25. The van der Waals surface area contributed by atoms with Crippen LogP contribution in [-0.2, 0) is 4.79 Å². The van der Waals surface area contributed by atoms with E-state index < -0.39 is 0 Å². The molecule has 2 aliphatic carbocycles. The van der Waals surface area contributed by atoms with Crippen molar-refractivity contribution >= 4 is 18.3 Å². The number of nitrogens with one attached hydrogen (secondary N) is 1. The Morgan fingerprint density at radius 2 is 1.75 bits per heavy atom. The van der Waals surface area contributed by atoms with Crippen LogP contribution in [0.2, 0.25) is 0 Å². The maximum Gasteiger partial charge on any atom is 0.223 e. The Morgan fingerprint density at radius 3 is 2.42 bits per heavy atom. The van der Waals surface area contributed by atoms with Crippen LogP contribution in [-0.4, -0.2) is 19.0 Å². The lowest BCUT2D eigenvalue weighted by atomic mass is 9.78. The summed E-state index contributed by atoms with van der Waals surface area (Å²) in [5, 5.41) is 3.22. The smallest absolute Gasteiger partial charge is 0.223 e. The van der Waals surface area contributed by atoms with Gasteiger partial charge in [0.1, 0.15) is 0 Å². The molecule has 1 aromatic carbocycles. The van der Waals surface area contributed by atoms with Crippen LogP contribution >= 0.6 is 12.4 Å². The molecule has 2 atom stereocenters. The molecule has 3 N–H and O–H groups in total. The molecule has 2 fully saturated rings. The fourth-order valence-corrected chi connectivity index (χ4v) is 4.47. The molecule has 3 rings (SSSR count). The summed E-state index contributed by atoms with van der Waals surface area (Å²) in [7, 11) is 0. The first-order valence-corrected chi connectivity index (χ1v) is 9.30. The van der Waals surface area contributed by atoms with Gasteiger partial charge in [-0.15, -0.1) is 12.4 Å². The van der Waals surface area contributed by atoms with Crippen LogP contribution in [0.5, 0.6) is 0 Å². The summed E-state index contributed by atoms with van der Waals surface area (Å²) in [5.74, 6) is 2.18. The second-order valence-corrected chi connectivity index (χ2v) is 7.41. The fraction of sp³-hybridized carbons (Fsp3) is 0.650. The van der Waals surface area contributed by atoms with Crippen molar-refractivity contribution in [2.45, 2.75) is 50.9 Å². The number of hydrogen-bond donors (Lipinski definition) is 2. The highest BCUT2D eigenvalue weighted by atomic mass is 35.5. The summed E-state index contributed by atoms with van der Waals surface area (Å²) in [6, 6.07) is 10.9. The molecule has 2 saturated carbocycles. The van der Waals surface area contributed by atoms with E-state index in [1.54, 1.807) is 0 Å². The van der Waals surface area contributed by atoms with Gasteiger partial charge in [0.05, 0.1) is 0 Å². The predicted molar refractivity (Wildman–Crippen MR) is 101 cm³/mol. The van der Waals surface area contributed by atoms with Crippen molar-refractivity contribution in [1.29, 1.82) is 0 Å². The Bertz CT molecular complexity index is 500. The van der Waals surface area contributed by atoms with E-state index >= 15 is 0 Å². The second kappa shape index (κ2) is 9.43. The number of carbonyl (C=O) groups is 1. The topological polar surface area (TPSA) is 55.1 Å². The molecule has 0 spiro atoms. The van der Waals surface area contributed by atoms with E-state index in [0.717, 1.165) is 25.8 Å². The molecule has 0 bridgehead atoms. The van der Waals surface area contributed by atoms with Crippen molar-refractivity contribution < 1.29 is 4.79 Å². The fourth-order valence-electron chi connectivity index (χ4n) is 4.47. The monoisotopic (exact) mass is 350 g/mol. The molecule has 0 aromatic heterocycles. The average molecular weight is 351 g/mol. The molecule has 1 amide bonds. The lowest BCUT2D eigenvalue weighted by molar-refractivity contribution is -0.126. The van der Waals surface area contributed by atoms with E-state index in [0.29, 0.717) is 24.3 Å². The highest BCUT2D eigenvalue weighted by Gasteiger charge is 2.32. The molecular weight excluding hydrogens is 320 g/mol. The Kier molecular flexibility index (Phi) is 7.57. The van der Waals surface area contributed by atoms with Gasteiger partial charge in [0.25, 0.3) is 0 Å². The standard InChI is InChI=1S/C20H30N2O.ClH/c21-13-18-7-4-8-19(18)20(23)22-14-15-9-11-17(12-10-15)16-5-2-1-3-6-16;/h1-3,5-6,15,17-19H,4,7-14,21H2,(H,22,23);1H/t15?,17?,18-,19-;/m1./s1. The molecule has 24 heavy (non-hydrogen) atoms.